The van der Waals surface area contributed by atoms with Crippen molar-refractivity contribution in [3.8, 4) is 0 Å². The number of hydrogen-bond acceptors (Lipinski definition) is 2. The second kappa shape index (κ2) is 8.00. The Morgan fingerprint density at radius 2 is 1.53 bits per heavy atom. The minimum absolute atomic E-state index is 0.0375. The van der Waals surface area contributed by atoms with Gasteiger partial charge in [-0.15, -0.1) is 0 Å². The molecule has 1 N–H and O–H groups in total. The summed E-state index contributed by atoms with van der Waals surface area (Å²) in [6, 6.07) is 9.48. The van der Waals surface area contributed by atoms with Gasteiger partial charge in [-0.1, -0.05) is 18.2 Å². The Hall–Kier alpha value is -3.04. The summed E-state index contributed by atoms with van der Waals surface area (Å²) in [4.78, 5) is 25.9. The summed E-state index contributed by atoms with van der Waals surface area (Å²) in [6.45, 7) is 0.213. The van der Waals surface area contributed by atoms with Gasteiger partial charge in [0.05, 0.1) is 11.1 Å². The van der Waals surface area contributed by atoms with E-state index in [-0.39, 0.29) is 37.4 Å². The van der Waals surface area contributed by atoms with Crippen molar-refractivity contribution in [3.05, 3.63) is 65.2 Å². The highest BCUT2D eigenvalue weighted by Gasteiger charge is 2.37. The molecular formula is C20H16F6N2O2. The SMILES string of the molecule is O=C(NCC1CC(=O)N(c2ccccc2)C1)c1cc(C(F)(F)F)cc(C(F)(F)F)c1. The van der Waals surface area contributed by atoms with E-state index in [0.717, 1.165) is 0 Å². The number of rotatable bonds is 4. The van der Waals surface area contributed by atoms with Crippen LogP contribution in [0.15, 0.2) is 48.5 Å². The van der Waals surface area contributed by atoms with Crippen molar-refractivity contribution in [2.24, 2.45) is 5.92 Å². The summed E-state index contributed by atoms with van der Waals surface area (Å²) >= 11 is 0. The first-order valence-electron chi connectivity index (χ1n) is 8.88. The van der Waals surface area contributed by atoms with Crippen molar-refractivity contribution in [1.82, 2.24) is 5.32 Å². The second-order valence-electron chi connectivity index (χ2n) is 6.91. The van der Waals surface area contributed by atoms with E-state index >= 15 is 0 Å². The normalized spacial score (nSPS) is 17.3. The molecule has 10 heteroatoms. The van der Waals surface area contributed by atoms with E-state index in [1.165, 1.54) is 4.90 Å². The average Bonchev–Trinajstić information content (AvgIpc) is 3.05. The van der Waals surface area contributed by atoms with E-state index in [1.54, 1.807) is 30.3 Å². The van der Waals surface area contributed by atoms with Gasteiger partial charge >= 0.3 is 12.4 Å². The molecule has 0 bridgehead atoms. The lowest BCUT2D eigenvalue weighted by Crippen LogP contribution is -2.31. The Morgan fingerprint density at radius 3 is 2.07 bits per heavy atom. The smallest absolute Gasteiger partial charge is 0.352 e. The number of halogens is 6. The van der Waals surface area contributed by atoms with Gasteiger partial charge in [0.25, 0.3) is 5.91 Å². The Kier molecular flexibility index (Phi) is 5.78. The predicted molar refractivity (Wildman–Crippen MR) is 95.7 cm³/mol. The molecule has 0 radical (unpaired) electrons. The number of para-hydroxylation sites is 1. The van der Waals surface area contributed by atoms with E-state index in [0.29, 0.717) is 17.8 Å². The molecule has 1 heterocycles. The molecule has 30 heavy (non-hydrogen) atoms. The van der Waals surface area contributed by atoms with E-state index < -0.39 is 35.0 Å². The summed E-state index contributed by atoms with van der Waals surface area (Å²) in [5.41, 5.74) is -3.20. The van der Waals surface area contributed by atoms with Gasteiger partial charge in [-0.2, -0.15) is 26.3 Å². The molecule has 0 aliphatic carbocycles. The fourth-order valence-electron chi connectivity index (χ4n) is 3.20. The number of nitrogens with zero attached hydrogens (tertiary/aromatic N) is 1. The van der Waals surface area contributed by atoms with E-state index in [9.17, 15) is 35.9 Å². The molecule has 160 valence electrons. The molecule has 1 aliphatic heterocycles. The summed E-state index contributed by atoms with van der Waals surface area (Å²) < 4.78 is 77.6. The molecule has 1 atom stereocenters. The number of carbonyl (C=O) groups excluding carboxylic acids is 2. The molecule has 2 aromatic rings. The first-order valence-corrected chi connectivity index (χ1v) is 8.88. The maximum atomic E-state index is 12.9. The molecule has 0 saturated carbocycles. The first kappa shape index (κ1) is 21.7. The largest absolute Gasteiger partial charge is 0.416 e. The standard InChI is InChI=1S/C20H16F6N2O2/c21-19(22,23)14-7-13(8-15(9-14)20(24,25)26)18(30)27-10-12-6-17(29)28(11-12)16-4-2-1-3-5-16/h1-5,7-9,12H,6,10-11H2,(H,27,30). The van der Waals surface area contributed by atoms with Crippen molar-refractivity contribution in [2.45, 2.75) is 18.8 Å². The Balaban J connectivity index is 1.71. The quantitative estimate of drug-likeness (QED) is 0.726. The first-order chi connectivity index (χ1) is 13.9. The van der Waals surface area contributed by atoms with Crippen LogP contribution >= 0.6 is 0 Å². The van der Waals surface area contributed by atoms with Crippen LogP contribution in [0.1, 0.15) is 27.9 Å². The lowest BCUT2D eigenvalue weighted by molar-refractivity contribution is -0.143. The number of anilines is 1. The molecule has 1 aliphatic rings. The monoisotopic (exact) mass is 430 g/mol. The van der Waals surface area contributed by atoms with E-state index in [1.807, 2.05) is 0 Å². The third kappa shape index (κ3) is 4.92. The number of amides is 2. The Morgan fingerprint density at radius 1 is 0.967 bits per heavy atom. The number of nitrogens with one attached hydrogen (secondary N) is 1. The topological polar surface area (TPSA) is 49.4 Å². The minimum Gasteiger partial charge on any atom is -0.352 e. The molecule has 4 nitrogen and oxygen atoms in total. The van der Waals surface area contributed by atoms with Crippen molar-refractivity contribution in [1.29, 1.82) is 0 Å². The molecule has 0 spiro atoms. The van der Waals surface area contributed by atoms with Crippen LogP contribution in [0.2, 0.25) is 0 Å². The molecule has 1 fully saturated rings. The average molecular weight is 430 g/mol. The highest BCUT2D eigenvalue weighted by Crippen LogP contribution is 2.36. The van der Waals surface area contributed by atoms with E-state index in [4.69, 9.17) is 0 Å². The van der Waals surface area contributed by atoms with Gasteiger partial charge in [-0.05, 0) is 30.3 Å². The maximum absolute atomic E-state index is 12.9. The number of alkyl halides is 6. The summed E-state index contributed by atoms with van der Waals surface area (Å²) in [6.07, 6.45) is -9.97. The molecule has 2 amide bonds. The lowest BCUT2D eigenvalue weighted by atomic mass is 10.0. The van der Waals surface area contributed by atoms with Crippen molar-refractivity contribution < 1.29 is 35.9 Å². The van der Waals surface area contributed by atoms with Gasteiger partial charge in [0.2, 0.25) is 5.91 Å². The highest BCUT2D eigenvalue weighted by atomic mass is 19.4. The van der Waals surface area contributed by atoms with Crippen LogP contribution in [0, 0.1) is 5.92 Å². The van der Waals surface area contributed by atoms with Crippen LogP contribution in [0.25, 0.3) is 0 Å². The van der Waals surface area contributed by atoms with E-state index in [2.05, 4.69) is 5.32 Å². The lowest BCUT2D eigenvalue weighted by Gasteiger charge is -2.17. The fraction of sp³-hybridized carbons (Fsp3) is 0.300. The fourth-order valence-corrected chi connectivity index (χ4v) is 3.20. The number of hydrogen-bond donors (Lipinski definition) is 1. The van der Waals surface area contributed by atoms with Crippen LogP contribution in [0.3, 0.4) is 0 Å². The number of benzene rings is 2. The summed E-state index contributed by atoms with van der Waals surface area (Å²) in [5.74, 6) is -1.58. The third-order valence-electron chi connectivity index (χ3n) is 4.67. The molecular weight excluding hydrogens is 414 g/mol. The van der Waals surface area contributed by atoms with Crippen LogP contribution in [0.4, 0.5) is 32.0 Å². The Bertz CT molecular complexity index is 908. The zero-order valence-corrected chi connectivity index (χ0v) is 15.3. The molecule has 1 unspecified atom stereocenters. The van der Waals surface area contributed by atoms with Gasteiger partial charge in [-0.25, -0.2) is 0 Å². The summed E-state index contributed by atoms with van der Waals surface area (Å²) in [5, 5.41) is 2.34. The Labute approximate surface area is 167 Å². The van der Waals surface area contributed by atoms with Crippen molar-refractivity contribution >= 4 is 17.5 Å². The van der Waals surface area contributed by atoms with Crippen LogP contribution < -0.4 is 10.2 Å². The van der Waals surface area contributed by atoms with Gasteiger partial charge in [-0.3, -0.25) is 9.59 Å². The molecule has 1 saturated heterocycles. The van der Waals surface area contributed by atoms with Crippen LogP contribution in [0.5, 0.6) is 0 Å². The van der Waals surface area contributed by atoms with Crippen LogP contribution in [-0.2, 0) is 17.1 Å². The number of carbonyl (C=O) groups is 2. The van der Waals surface area contributed by atoms with Crippen molar-refractivity contribution in [3.63, 3.8) is 0 Å². The van der Waals surface area contributed by atoms with Crippen molar-refractivity contribution in [2.75, 3.05) is 18.0 Å². The maximum Gasteiger partial charge on any atom is 0.416 e. The molecule has 0 aromatic heterocycles. The van der Waals surface area contributed by atoms with Crippen LogP contribution in [-0.4, -0.2) is 24.9 Å². The molecule has 3 rings (SSSR count). The third-order valence-corrected chi connectivity index (χ3v) is 4.67. The van der Waals surface area contributed by atoms with Gasteiger partial charge in [0, 0.05) is 36.7 Å². The zero-order valence-electron chi connectivity index (χ0n) is 15.3. The zero-order chi connectivity index (χ0) is 22.1. The second-order valence-corrected chi connectivity index (χ2v) is 6.91. The van der Waals surface area contributed by atoms with Gasteiger partial charge in [0.15, 0.2) is 0 Å². The molecule has 2 aromatic carbocycles. The highest BCUT2D eigenvalue weighted by molar-refractivity contribution is 5.96. The van der Waals surface area contributed by atoms with Gasteiger partial charge < -0.3 is 10.2 Å². The summed E-state index contributed by atoms with van der Waals surface area (Å²) in [7, 11) is 0. The minimum atomic E-state index is -5.04. The van der Waals surface area contributed by atoms with Gasteiger partial charge in [0.1, 0.15) is 0 Å². The predicted octanol–water partition coefficient (Wildman–Crippen LogP) is 4.51.